The first-order chi connectivity index (χ1) is 15.7. The maximum Gasteiger partial charge on any atom is 0.416 e. The van der Waals surface area contributed by atoms with Crippen LogP contribution in [0, 0.1) is 0 Å². The van der Waals surface area contributed by atoms with Crippen molar-refractivity contribution in [2.24, 2.45) is 0 Å². The van der Waals surface area contributed by atoms with Crippen LogP contribution < -0.4 is 9.62 Å². The first-order valence-corrected chi connectivity index (χ1v) is 12.3. The van der Waals surface area contributed by atoms with E-state index in [1.165, 1.54) is 17.9 Å². The fraction of sp³-hybridized carbons (Fsp3) is 0.391. The van der Waals surface area contributed by atoms with E-state index in [1.807, 2.05) is 0 Å². The van der Waals surface area contributed by atoms with Gasteiger partial charge in [0.05, 0.1) is 17.5 Å². The molecule has 0 saturated carbocycles. The number of nitrogens with one attached hydrogen (secondary N) is 1. The average Bonchev–Trinajstić information content (AvgIpc) is 2.74. The van der Waals surface area contributed by atoms with E-state index in [4.69, 9.17) is 0 Å². The molecule has 34 heavy (non-hydrogen) atoms. The molecule has 1 atom stereocenters. The maximum absolute atomic E-state index is 13.3. The lowest BCUT2D eigenvalue weighted by Crippen LogP contribution is -2.52. The number of anilines is 1. The molecule has 2 rings (SSSR count). The van der Waals surface area contributed by atoms with Gasteiger partial charge in [0.2, 0.25) is 21.8 Å². The Hall–Kier alpha value is -3.08. The number of nitrogens with zero attached hydrogens (tertiary/aromatic N) is 2. The number of rotatable bonds is 9. The highest BCUT2D eigenvalue weighted by Gasteiger charge is 2.33. The van der Waals surface area contributed by atoms with Crippen molar-refractivity contribution in [3.63, 3.8) is 0 Å². The van der Waals surface area contributed by atoms with Gasteiger partial charge in [-0.1, -0.05) is 36.4 Å². The van der Waals surface area contributed by atoms with Crippen LogP contribution in [0.4, 0.5) is 18.9 Å². The summed E-state index contributed by atoms with van der Waals surface area (Å²) in [5.74, 6) is -1.18. The normalized spacial score (nSPS) is 12.8. The molecule has 11 heteroatoms. The first-order valence-electron chi connectivity index (χ1n) is 10.5. The van der Waals surface area contributed by atoms with Crippen LogP contribution in [-0.2, 0) is 32.3 Å². The zero-order valence-electron chi connectivity index (χ0n) is 19.3. The molecule has 2 aromatic carbocycles. The van der Waals surface area contributed by atoms with Crippen molar-refractivity contribution in [3.05, 3.63) is 65.7 Å². The van der Waals surface area contributed by atoms with E-state index < -0.39 is 46.2 Å². The Morgan fingerprint density at radius 2 is 1.62 bits per heavy atom. The summed E-state index contributed by atoms with van der Waals surface area (Å²) in [6, 6.07) is 11.4. The summed E-state index contributed by atoms with van der Waals surface area (Å²) in [5.41, 5.74) is -0.647. The number of benzene rings is 2. The van der Waals surface area contributed by atoms with E-state index in [-0.39, 0.29) is 18.3 Å². The summed E-state index contributed by atoms with van der Waals surface area (Å²) in [4.78, 5) is 27.2. The van der Waals surface area contributed by atoms with Gasteiger partial charge in [0.25, 0.3) is 0 Å². The molecule has 0 heterocycles. The third kappa shape index (κ3) is 7.47. The Labute approximate surface area is 197 Å². The lowest BCUT2D eigenvalue weighted by atomic mass is 10.1. The van der Waals surface area contributed by atoms with Crippen LogP contribution in [0.15, 0.2) is 54.6 Å². The third-order valence-corrected chi connectivity index (χ3v) is 6.08. The number of carbonyl (C=O) groups is 2. The molecule has 1 N–H and O–H groups in total. The van der Waals surface area contributed by atoms with Gasteiger partial charge in [-0.05, 0) is 44.5 Å². The molecule has 0 bridgehead atoms. The summed E-state index contributed by atoms with van der Waals surface area (Å²) in [6.45, 7) is 4.26. The number of sulfonamides is 1. The number of hydrogen-bond donors (Lipinski definition) is 1. The van der Waals surface area contributed by atoms with E-state index in [2.05, 4.69) is 5.32 Å². The molecule has 2 aromatic rings. The Morgan fingerprint density at radius 3 is 2.15 bits per heavy atom. The summed E-state index contributed by atoms with van der Waals surface area (Å²) < 4.78 is 65.0. The zero-order chi connectivity index (χ0) is 25.7. The Morgan fingerprint density at radius 1 is 1.00 bits per heavy atom. The van der Waals surface area contributed by atoms with Gasteiger partial charge in [-0.15, -0.1) is 0 Å². The quantitative estimate of drug-likeness (QED) is 0.573. The molecule has 0 saturated heterocycles. The topological polar surface area (TPSA) is 86.8 Å². The minimum atomic E-state index is -4.69. The molecule has 2 amide bonds. The largest absolute Gasteiger partial charge is 0.416 e. The molecule has 0 aliphatic carbocycles. The van der Waals surface area contributed by atoms with E-state index in [1.54, 1.807) is 44.2 Å². The summed E-state index contributed by atoms with van der Waals surface area (Å²) in [6.07, 6.45) is -3.89. The second-order valence-corrected chi connectivity index (χ2v) is 10.1. The van der Waals surface area contributed by atoms with E-state index >= 15 is 0 Å². The van der Waals surface area contributed by atoms with E-state index in [0.29, 0.717) is 15.9 Å². The monoisotopic (exact) mass is 499 g/mol. The molecule has 0 spiro atoms. The number of amides is 2. The smallest absolute Gasteiger partial charge is 0.352 e. The second kappa shape index (κ2) is 10.9. The summed E-state index contributed by atoms with van der Waals surface area (Å²) in [7, 11) is -4.13. The molecule has 0 unspecified atom stereocenters. The highest BCUT2D eigenvalue weighted by Crippen LogP contribution is 2.32. The van der Waals surface area contributed by atoms with Crippen LogP contribution in [0.1, 0.15) is 31.9 Å². The Kier molecular flexibility index (Phi) is 8.71. The number of carbonyl (C=O) groups excluding carboxylic acids is 2. The lowest BCUT2D eigenvalue weighted by molar-refractivity contribution is -0.139. The number of halogens is 3. The van der Waals surface area contributed by atoms with Gasteiger partial charge in [0, 0.05) is 12.6 Å². The lowest BCUT2D eigenvalue weighted by Gasteiger charge is -2.32. The van der Waals surface area contributed by atoms with Crippen LogP contribution >= 0.6 is 0 Å². The van der Waals surface area contributed by atoms with Crippen molar-refractivity contribution in [3.8, 4) is 0 Å². The average molecular weight is 500 g/mol. The van der Waals surface area contributed by atoms with Gasteiger partial charge in [-0.2, -0.15) is 13.2 Å². The van der Waals surface area contributed by atoms with Crippen molar-refractivity contribution in [1.82, 2.24) is 10.2 Å². The van der Waals surface area contributed by atoms with Crippen LogP contribution in [0.5, 0.6) is 0 Å². The predicted octanol–water partition coefficient (Wildman–Crippen LogP) is 3.41. The Balaban J connectivity index is 2.42. The van der Waals surface area contributed by atoms with Gasteiger partial charge >= 0.3 is 6.18 Å². The summed E-state index contributed by atoms with van der Waals surface area (Å²) in [5, 5.41) is 2.71. The van der Waals surface area contributed by atoms with E-state index in [9.17, 15) is 31.2 Å². The predicted molar refractivity (Wildman–Crippen MR) is 123 cm³/mol. The highest BCUT2D eigenvalue weighted by molar-refractivity contribution is 7.92. The van der Waals surface area contributed by atoms with Crippen molar-refractivity contribution >= 4 is 27.5 Å². The van der Waals surface area contributed by atoms with E-state index in [0.717, 1.165) is 18.4 Å². The van der Waals surface area contributed by atoms with Crippen molar-refractivity contribution in [1.29, 1.82) is 0 Å². The third-order valence-electron chi connectivity index (χ3n) is 4.93. The van der Waals surface area contributed by atoms with Gasteiger partial charge < -0.3 is 10.2 Å². The van der Waals surface area contributed by atoms with Crippen molar-refractivity contribution in [2.75, 3.05) is 17.1 Å². The van der Waals surface area contributed by atoms with Gasteiger partial charge in [0.1, 0.15) is 12.6 Å². The Bertz CT molecular complexity index is 1110. The zero-order valence-corrected chi connectivity index (χ0v) is 20.2. The number of hydrogen-bond acceptors (Lipinski definition) is 4. The molecule has 0 aliphatic rings. The van der Waals surface area contributed by atoms with Crippen molar-refractivity contribution < 1.29 is 31.2 Å². The molecule has 0 radical (unpaired) electrons. The molecule has 7 nitrogen and oxygen atoms in total. The van der Waals surface area contributed by atoms with Crippen LogP contribution in [0.25, 0.3) is 0 Å². The van der Waals surface area contributed by atoms with Gasteiger partial charge in [-0.25, -0.2) is 8.42 Å². The molecule has 0 aromatic heterocycles. The van der Waals surface area contributed by atoms with Gasteiger partial charge in [0.15, 0.2) is 0 Å². The summed E-state index contributed by atoms with van der Waals surface area (Å²) >= 11 is 0. The standard InChI is InChI=1S/C23H28F3N3O4S/c1-16(2)27-22(31)17(3)28(14-18-9-6-5-7-10-18)21(30)15-29(34(4,32)33)20-12-8-11-19(13-20)23(24,25)26/h5-13,16-17H,14-15H2,1-4H3,(H,27,31)/t17-/m1/s1. The molecule has 186 valence electrons. The molecule has 0 fully saturated rings. The SMILES string of the molecule is CC(C)NC(=O)[C@@H](C)N(Cc1ccccc1)C(=O)CN(c1cccc(C(F)(F)F)c1)S(C)(=O)=O. The number of alkyl halides is 3. The second-order valence-electron chi connectivity index (χ2n) is 8.16. The van der Waals surface area contributed by atoms with Gasteiger partial charge in [-0.3, -0.25) is 13.9 Å². The van der Waals surface area contributed by atoms with Crippen molar-refractivity contribution in [2.45, 2.75) is 45.6 Å². The van der Waals surface area contributed by atoms with Crippen LogP contribution in [0.3, 0.4) is 0 Å². The molecular formula is C23H28F3N3O4S. The fourth-order valence-corrected chi connectivity index (χ4v) is 4.06. The molecule has 0 aliphatic heterocycles. The highest BCUT2D eigenvalue weighted by atomic mass is 32.2. The first kappa shape index (κ1) is 27.2. The minimum Gasteiger partial charge on any atom is -0.352 e. The van der Waals surface area contributed by atoms with Crippen LogP contribution in [0.2, 0.25) is 0 Å². The molecular weight excluding hydrogens is 471 g/mol. The van der Waals surface area contributed by atoms with Crippen LogP contribution in [-0.4, -0.2) is 50.0 Å². The minimum absolute atomic E-state index is 0.00650. The maximum atomic E-state index is 13.3. The fourth-order valence-electron chi connectivity index (χ4n) is 3.22.